The monoisotopic (exact) mass is 271 g/mol. The number of hydrogen-bond donors (Lipinski definition) is 0. The lowest BCUT2D eigenvalue weighted by Gasteiger charge is -2.28. The van der Waals surface area contributed by atoms with Crippen molar-refractivity contribution >= 4 is 35.0 Å². The molecular weight excluding hydrogens is 258 g/mol. The SMILES string of the molecule is CCOC(=O)c1cc(Cl)cc2c1SCCN2C. The molecule has 0 atom stereocenters. The molecule has 0 fully saturated rings. The van der Waals surface area contributed by atoms with Gasteiger partial charge in [-0.3, -0.25) is 0 Å². The number of nitrogens with zero attached hydrogens (tertiary/aromatic N) is 1. The van der Waals surface area contributed by atoms with E-state index in [1.54, 1.807) is 24.8 Å². The summed E-state index contributed by atoms with van der Waals surface area (Å²) >= 11 is 7.73. The number of ether oxygens (including phenoxy) is 1. The van der Waals surface area contributed by atoms with Crippen LogP contribution in [0.3, 0.4) is 0 Å². The second kappa shape index (κ2) is 5.19. The zero-order valence-corrected chi connectivity index (χ0v) is 11.4. The molecule has 1 aromatic rings. The Morgan fingerprint density at radius 1 is 1.59 bits per heavy atom. The first-order valence-corrected chi connectivity index (χ1v) is 6.84. The Hall–Kier alpha value is -0.870. The predicted octanol–water partition coefficient (Wildman–Crippen LogP) is 3.06. The molecule has 3 nitrogen and oxygen atoms in total. The van der Waals surface area contributed by atoms with E-state index in [1.165, 1.54) is 0 Å². The van der Waals surface area contributed by atoms with E-state index in [0.29, 0.717) is 17.2 Å². The van der Waals surface area contributed by atoms with Crippen molar-refractivity contribution in [2.75, 3.05) is 30.9 Å². The van der Waals surface area contributed by atoms with Crippen molar-refractivity contribution in [3.63, 3.8) is 0 Å². The first-order valence-electron chi connectivity index (χ1n) is 5.48. The van der Waals surface area contributed by atoms with E-state index in [9.17, 15) is 4.79 Å². The highest BCUT2D eigenvalue weighted by Gasteiger charge is 2.22. The lowest BCUT2D eigenvalue weighted by atomic mass is 10.2. The van der Waals surface area contributed by atoms with E-state index in [4.69, 9.17) is 16.3 Å². The van der Waals surface area contributed by atoms with Gasteiger partial charge in [0.05, 0.1) is 17.9 Å². The second-order valence-electron chi connectivity index (χ2n) is 3.79. The van der Waals surface area contributed by atoms with E-state index in [2.05, 4.69) is 4.90 Å². The predicted molar refractivity (Wildman–Crippen MR) is 71.4 cm³/mol. The molecule has 0 saturated heterocycles. The Morgan fingerprint density at radius 3 is 3.06 bits per heavy atom. The van der Waals surface area contributed by atoms with Crippen LogP contribution in [-0.4, -0.2) is 31.9 Å². The fraction of sp³-hybridized carbons (Fsp3) is 0.417. The molecule has 0 amide bonds. The van der Waals surface area contributed by atoms with Gasteiger partial charge in [-0.15, -0.1) is 11.8 Å². The van der Waals surface area contributed by atoms with E-state index < -0.39 is 0 Å². The highest BCUT2D eigenvalue weighted by molar-refractivity contribution is 7.99. The largest absolute Gasteiger partial charge is 0.462 e. The molecule has 0 aromatic heterocycles. The lowest BCUT2D eigenvalue weighted by molar-refractivity contribution is 0.0522. The first-order chi connectivity index (χ1) is 8.13. The summed E-state index contributed by atoms with van der Waals surface area (Å²) in [5, 5.41) is 0.571. The summed E-state index contributed by atoms with van der Waals surface area (Å²) in [7, 11) is 2.00. The summed E-state index contributed by atoms with van der Waals surface area (Å²) < 4.78 is 5.05. The van der Waals surface area contributed by atoms with Crippen LogP contribution in [0.2, 0.25) is 5.02 Å². The zero-order valence-electron chi connectivity index (χ0n) is 9.83. The number of carbonyl (C=O) groups is 1. The van der Waals surface area contributed by atoms with E-state index >= 15 is 0 Å². The molecule has 0 spiro atoms. The van der Waals surface area contributed by atoms with Gasteiger partial charge in [0.15, 0.2) is 0 Å². The number of hydrogen-bond acceptors (Lipinski definition) is 4. The van der Waals surface area contributed by atoms with Crippen molar-refractivity contribution in [3.8, 4) is 0 Å². The molecule has 2 rings (SSSR count). The van der Waals surface area contributed by atoms with Gasteiger partial charge >= 0.3 is 5.97 Å². The second-order valence-corrected chi connectivity index (χ2v) is 5.33. The Balaban J connectivity index is 2.48. The molecule has 0 saturated carbocycles. The van der Waals surface area contributed by atoms with Crippen molar-refractivity contribution in [2.45, 2.75) is 11.8 Å². The van der Waals surface area contributed by atoms with Crippen molar-refractivity contribution in [1.29, 1.82) is 0 Å². The maximum absolute atomic E-state index is 11.9. The fourth-order valence-corrected chi connectivity index (χ4v) is 3.22. The minimum absolute atomic E-state index is 0.297. The highest BCUT2D eigenvalue weighted by Crippen LogP contribution is 2.39. The molecule has 92 valence electrons. The molecular formula is C12H14ClNO2S. The van der Waals surface area contributed by atoms with Gasteiger partial charge in [0.25, 0.3) is 0 Å². The molecule has 0 N–H and O–H groups in total. The Kier molecular flexibility index (Phi) is 3.84. The topological polar surface area (TPSA) is 29.5 Å². The standard InChI is InChI=1S/C12H14ClNO2S/c1-3-16-12(15)9-6-8(13)7-10-11(9)17-5-4-14(10)2/h6-7H,3-5H2,1-2H3. The smallest absolute Gasteiger partial charge is 0.339 e. The van der Waals surface area contributed by atoms with Gasteiger partial charge in [-0.05, 0) is 19.1 Å². The van der Waals surface area contributed by atoms with Crippen LogP contribution < -0.4 is 4.90 Å². The zero-order chi connectivity index (χ0) is 12.4. The lowest BCUT2D eigenvalue weighted by Crippen LogP contribution is -2.25. The maximum atomic E-state index is 11.9. The fourth-order valence-electron chi connectivity index (χ4n) is 1.78. The summed E-state index contributed by atoms with van der Waals surface area (Å²) in [6.07, 6.45) is 0. The van der Waals surface area contributed by atoms with E-state index in [0.717, 1.165) is 22.9 Å². The Morgan fingerprint density at radius 2 is 2.35 bits per heavy atom. The van der Waals surface area contributed by atoms with Gasteiger partial charge in [0.1, 0.15) is 0 Å². The normalized spacial score (nSPS) is 14.4. The minimum atomic E-state index is -0.297. The highest BCUT2D eigenvalue weighted by atomic mass is 35.5. The average molecular weight is 272 g/mol. The number of carbonyl (C=O) groups excluding carboxylic acids is 1. The van der Waals surface area contributed by atoms with Gasteiger partial charge in [0.2, 0.25) is 0 Å². The third kappa shape index (κ3) is 2.53. The van der Waals surface area contributed by atoms with E-state index in [-0.39, 0.29) is 5.97 Å². The van der Waals surface area contributed by atoms with Gasteiger partial charge in [-0.25, -0.2) is 4.79 Å². The van der Waals surface area contributed by atoms with Gasteiger partial charge < -0.3 is 9.64 Å². The molecule has 1 aromatic carbocycles. The molecule has 0 bridgehead atoms. The van der Waals surface area contributed by atoms with Crippen LogP contribution in [0.4, 0.5) is 5.69 Å². The van der Waals surface area contributed by atoms with Gasteiger partial charge in [-0.1, -0.05) is 11.6 Å². The summed E-state index contributed by atoms with van der Waals surface area (Å²) in [5.74, 6) is 0.673. The summed E-state index contributed by atoms with van der Waals surface area (Å²) in [5.41, 5.74) is 1.59. The van der Waals surface area contributed by atoms with E-state index in [1.807, 2.05) is 13.1 Å². The summed E-state index contributed by atoms with van der Waals surface area (Å²) in [4.78, 5) is 14.9. The first kappa shape index (κ1) is 12.6. The van der Waals surface area contributed by atoms with Gasteiger partial charge in [-0.2, -0.15) is 0 Å². The van der Waals surface area contributed by atoms with Crippen LogP contribution >= 0.6 is 23.4 Å². The number of rotatable bonds is 2. The third-order valence-electron chi connectivity index (χ3n) is 2.61. The Labute approximate surface area is 110 Å². The van der Waals surface area contributed by atoms with Crippen molar-refractivity contribution in [1.82, 2.24) is 0 Å². The maximum Gasteiger partial charge on any atom is 0.339 e. The number of fused-ring (bicyclic) bond motifs is 1. The van der Waals surface area contributed by atoms with Crippen molar-refractivity contribution in [2.24, 2.45) is 0 Å². The number of esters is 1. The van der Waals surface area contributed by atoms with Crippen molar-refractivity contribution < 1.29 is 9.53 Å². The quantitative estimate of drug-likeness (QED) is 0.774. The summed E-state index contributed by atoms with van der Waals surface area (Å²) in [6.45, 7) is 3.13. The molecule has 1 aliphatic rings. The van der Waals surface area contributed by atoms with Crippen LogP contribution in [0.1, 0.15) is 17.3 Å². The van der Waals surface area contributed by atoms with Crippen LogP contribution in [0.5, 0.6) is 0 Å². The average Bonchev–Trinajstić information content (AvgIpc) is 2.30. The van der Waals surface area contributed by atoms with Crippen LogP contribution in [0, 0.1) is 0 Å². The molecule has 1 heterocycles. The summed E-state index contributed by atoms with van der Waals surface area (Å²) in [6, 6.07) is 3.58. The molecule has 0 radical (unpaired) electrons. The number of thioether (sulfide) groups is 1. The van der Waals surface area contributed by atoms with Crippen molar-refractivity contribution in [3.05, 3.63) is 22.7 Å². The minimum Gasteiger partial charge on any atom is -0.462 e. The van der Waals surface area contributed by atoms with Crippen LogP contribution in [0.25, 0.3) is 0 Å². The number of anilines is 1. The number of halogens is 1. The van der Waals surface area contributed by atoms with Crippen LogP contribution in [0.15, 0.2) is 17.0 Å². The Bertz CT molecular complexity index is 450. The van der Waals surface area contributed by atoms with Gasteiger partial charge in [0, 0.05) is 29.3 Å². The van der Waals surface area contributed by atoms with Crippen LogP contribution in [-0.2, 0) is 4.74 Å². The number of benzene rings is 1. The molecule has 0 aliphatic carbocycles. The third-order valence-corrected chi connectivity index (χ3v) is 3.94. The molecule has 5 heteroatoms. The molecule has 17 heavy (non-hydrogen) atoms. The molecule has 1 aliphatic heterocycles. The molecule has 0 unspecified atom stereocenters.